The molecule has 2 fully saturated rings. The summed E-state index contributed by atoms with van der Waals surface area (Å²) in [4.78, 5) is 17.0. The fourth-order valence-electron chi connectivity index (χ4n) is 3.44. The van der Waals surface area contributed by atoms with E-state index in [1.807, 2.05) is 4.90 Å². The fourth-order valence-corrected chi connectivity index (χ4v) is 3.78. The normalized spacial score (nSPS) is 21.8. The molecule has 2 aliphatic rings. The topological polar surface area (TPSA) is 32.8 Å². The molecule has 1 atom stereocenters. The van der Waals surface area contributed by atoms with Crippen molar-refractivity contribution in [2.45, 2.75) is 31.7 Å². The summed E-state index contributed by atoms with van der Waals surface area (Å²) < 4.78 is 5.62. The smallest absolute Gasteiger partial charge is 0.226 e. The average Bonchev–Trinajstić information content (AvgIpc) is 2.88. The Kier molecular flexibility index (Phi) is 5.67. The first kappa shape index (κ1) is 16.9. The second kappa shape index (κ2) is 7.73. The maximum Gasteiger partial charge on any atom is 0.226 e. The Morgan fingerprint density at radius 1 is 1.22 bits per heavy atom. The number of nitrogens with zero attached hydrogens (tertiary/aromatic N) is 2. The number of fused-ring (bicyclic) bond motifs is 1. The van der Waals surface area contributed by atoms with E-state index < -0.39 is 0 Å². The first-order valence-electron chi connectivity index (χ1n) is 8.24. The highest BCUT2D eigenvalue weighted by Crippen LogP contribution is 2.31. The van der Waals surface area contributed by atoms with Crippen LogP contribution in [0.5, 0.6) is 5.75 Å². The molecule has 0 aromatic heterocycles. The zero-order chi connectivity index (χ0) is 16.2. The monoisotopic (exact) mass is 356 g/mol. The van der Waals surface area contributed by atoms with Crippen molar-refractivity contribution >= 4 is 29.1 Å². The van der Waals surface area contributed by atoms with E-state index in [0.717, 1.165) is 26.1 Å². The Morgan fingerprint density at radius 3 is 2.91 bits per heavy atom. The molecular formula is C17H22Cl2N2O2. The third-order valence-electron chi connectivity index (χ3n) is 4.65. The zero-order valence-electron chi connectivity index (χ0n) is 13.1. The number of carbonyl (C=O) groups excluding carboxylic acids is 1. The number of hydrogen-bond donors (Lipinski definition) is 0. The molecular weight excluding hydrogens is 335 g/mol. The summed E-state index contributed by atoms with van der Waals surface area (Å²) in [5, 5.41) is 0.863. The van der Waals surface area contributed by atoms with E-state index in [1.54, 1.807) is 18.2 Å². The van der Waals surface area contributed by atoms with Gasteiger partial charge in [-0.2, -0.15) is 0 Å². The van der Waals surface area contributed by atoms with Gasteiger partial charge in [0, 0.05) is 25.7 Å². The number of rotatable bonds is 4. The quantitative estimate of drug-likeness (QED) is 0.827. The van der Waals surface area contributed by atoms with Crippen LogP contribution >= 0.6 is 23.2 Å². The molecule has 2 saturated heterocycles. The van der Waals surface area contributed by atoms with E-state index in [0.29, 0.717) is 34.9 Å². The van der Waals surface area contributed by atoms with Crippen molar-refractivity contribution in [3.05, 3.63) is 28.2 Å². The molecule has 126 valence electrons. The molecule has 0 aliphatic carbocycles. The van der Waals surface area contributed by atoms with Crippen LogP contribution in [0.15, 0.2) is 18.2 Å². The van der Waals surface area contributed by atoms with Crippen molar-refractivity contribution in [2.24, 2.45) is 0 Å². The van der Waals surface area contributed by atoms with E-state index >= 15 is 0 Å². The second-order valence-corrected chi connectivity index (χ2v) is 6.96. The van der Waals surface area contributed by atoms with Gasteiger partial charge in [-0.15, -0.1) is 0 Å². The van der Waals surface area contributed by atoms with E-state index in [4.69, 9.17) is 27.9 Å². The van der Waals surface area contributed by atoms with Crippen molar-refractivity contribution in [3.8, 4) is 5.75 Å². The lowest BCUT2D eigenvalue weighted by molar-refractivity contribution is -0.132. The fraction of sp³-hybridized carbons (Fsp3) is 0.588. The Balaban J connectivity index is 1.50. The lowest BCUT2D eigenvalue weighted by Gasteiger charge is -2.25. The van der Waals surface area contributed by atoms with Gasteiger partial charge in [0.25, 0.3) is 0 Å². The molecule has 4 nitrogen and oxygen atoms in total. The third-order valence-corrected chi connectivity index (χ3v) is 5.45. The molecule has 6 heteroatoms. The highest BCUT2D eigenvalue weighted by Gasteiger charge is 2.30. The number of amides is 1. The minimum atomic E-state index is 0.164. The molecule has 0 bridgehead atoms. The molecule has 2 aliphatic heterocycles. The zero-order valence-corrected chi connectivity index (χ0v) is 14.7. The van der Waals surface area contributed by atoms with Gasteiger partial charge < -0.3 is 9.64 Å². The standard InChI is InChI=1S/C17H22Cl2N2O2/c18-14-5-1-6-15(17(14)19)23-11-7-16(22)21-10-3-9-20-8-2-4-13(20)12-21/h1,5-6,13H,2-4,7-12H2/t13-/m0/s1. The van der Waals surface area contributed by atoms with Crippen molar-refractivity contribution in [1.82, 2.24) is 9.80 Å². The molecule has 1 amide bonds. The molecule has 0 saturated carbocycles. The van der Waals surface area contributed by atoms with Crippen LogP contribution in [0.2, 0.25) is 10.0 Å². The van der Waals surface area contributed by atoms with Crippen molar-refractivity contribution in [3.63, 3.8) is 0 Å². The Bertz CT molecular complexity index is 568. The SMILES string of the molecule is O=C(CCOc1cccc(Cl)c1Cl)N1CCCN2CCC[C@H]2C1. The van der Waals surface area contributed by atoms with Crippen LogP contribution in [0.4, 0.5) is 0 Å². The molecule has 0 spiro atoms. The van der Waals surface area contributed by atoms with Gasteiger partial charge in [0.2, 0.25) is 5.91 Å². The predicted octanol–water partition coefficient (Wildman–Crippen LogP) is 3.46. The first-order valence-corrected chi connectivity index (χ1v) is 8.99. The molecule has 1 aromatic carbocycles. The number of benzene rings is 1. The molecule has 0 unspecified atom stereocenters. The molecule has 23 heavy (non-hydrogen) atoms. The van der Waals surface area contributed by atoms with Crippen molar-refractivity contribution in [2.75, 3.05) is 32.8 Å². The van der Waals surface area contributed by atoms with Crippen LogP contribution < -0.4 is 4.74 Å². The van der Waals surface area contributed by atoms with Crippen molar-refractivity contribution < 1.29 is 9.53 Å². The van der Waals surface area contributed by atoms with Crippen LogP contribution in [0, 0.1) is 0 Å². The largest absolute Gasteiger partial charge is 0.491 e. The Labute approximate surface area is 147 Å². The summed E-state index contributed by atoms with van der Waals surface area (Å²) in [7, 11) is 0. The van der Waals surface area contributed by atoms with Gasteiger partial charge in [0.1, 0.15) is 10.8 Å². The van der Waals surface area contributed by atoms with Crippen LogP contribution in [0.3, 0.4) is 0 Å². The molecule has 0 N–H and O–H groups in total. The molecule has 1 aromatic rings. The lowest BCUT2D eigenvalue weighted by Crippen LogP contribution is -2.40. The third kappa shape index (κ3) is 4.11. The first-order chi connectivity index (χ1) is 11.1. The van der Waals surface area contributed by atoms with E-state index in [1.165, 1.54) is 19.4 Å². The highest BCUT2D eigenvalue weighted by molar-refractivity contribution is 6.42. The average molecular weight is 357 g/mol. The van der Waals surface area contributed by atoms with E-state index in [-0.39, 0.29) is 5.91 Å². The number of halogens is 2. The number of ether oxygens (including phenoxy) is 1. The predicted molar refractivity (Wildman–Crippen MR) is 92.4 cm³/mol. The van der Waals surface area contributed by atoms with Crippen LogP contribution in [-0.4, -0.2) is 54.5 Å². The molecule has 0 radical (unpaired) electrons. The number of hydrogen-bond acceptors (Lipinski definition) is 3. The van der Waals surface area contributed by atoms with Gasteiger partial charge in [-0.05, 0) is 37.9 Å². The summed E-state index contributed by atoms with van der Waals surface area (Å²) in [6.07, 6.45) is 3.89. The number of carbonyl (C=O) groups is 1. The minimum Gasteiger partial charge on any atom is -0.491 e. The second-order valence-electron chi connectivity index (χ2n) is 6.18. The van der Waals surface area contributed by atoms with Gasteiger partial charge in [-0.25, -0.2) is 0 Å². The Hall–Kier alpha value is -0.970. The van der Waals surface area contributed by atoms with Crippen LogP contribution in [0.1, 0.15) is 25.7 Å². The van der Waals surface area contributed by atoms with Gasteiger partial charge >= 0.3 is 0 Å². The maximum absolute atomic E-state index is 12.4. The van der Waals surface area contributed by atoms with E-state index in [9.17, 15) is 4.79 Å². The molecule has 2 heterocycles. The lowest BCUT2D eigenvalue weighted by atomic mass is 10.2. The van der Waals surface area contributed by atoms with Crippen molar-refractivity contribution in [1.29, 1.82) is 0 Å². The highest BCUT2D eigenvalue weighted by atomic mass is 35.5. The summed E-state index contributed by atoms with van der Waals surface area (Å²) in [5.74, 6) is 0.696. The summed E-state index contributed by atoms with van der Waals surface area (Å²) in [5.41, 5.74) is 0. The van der Waals surface area contributed by atoms with Gasteiger partial charge in [-0.1, -0.05) is 29.3 Å². The summed E-state index contributed by atoms with van der Waals surface area (Å²) in [6, 6.07) is 5.81. The summed E-state index contributed by atoms with van der Waals surface area (Å²) >= 11 is 12.0. The van der Waals surface area contributed by atoms with Gasteiger partial charge in [0.05, 0.1) is 18.1 Å². The minimum absolute atomic E-state index is 0.164. The van der Waals surface area contributed by atoms with Crippen LogP contribution in [-0.2, 0) is 4.79 Å². The molecule has 3 rings (SSSR count). The van der Waals surface area contributed by atoms with Gasteiger partial charge in [0.15, 0.2) is 0 Å². The van der Waals surface area contributed by atoms with E-state index in [2.05, 4.69) is 4.90 Å². The van der Waals surface area contributed by atoms with Gasteiger partial charge in [-0.3, -0.25) is 9.69 Å². The summed E-state index contributed by atoms with van der Waals surface area (Å²) in [6.45, 7) is 4.33. The Morgan fingerprint density at radius 2 is 2.04 bits per heavy atom. The van der Waals surface area contributed by atoms with Crippen LogP contribution in [0.25, 0.3) is 0 Å². The maximum atomic E-state index is 12.4.